The van der Waals surface area contributed by atoms with Crippen LogP contribution in [0.25, 0.3) is 0 Å². The third-order valence-electron chi connectivity index (χ3n) is 3.80. The SMILES string of the molecule is CCCCC(CC)Cn1cc(C(CC)NC)cn1. The molecule has 0 aliphatic carbocycles. The number of aromatic nitrogens is 2. The van der Waals surface area contributed by atoms with Crippen molar-refractivity contribution in [1.29, 1.82) is 0 Å². The molecule has 0 aliphatic heterocycles. The second-order valence-corrected chi connectivity index (χ2v) is 5.16. The lowest BCUT2D eigenvalue weighted by Crippen LogP contribution is -2.15. The Hall–Kier alpha value is -0.830. The molecule has 0 spiro atoms. The molecule has 104 valence electrons. The average molecular weight is 251 g/mol. The number of unbranched alkanes of at least 4 members (excludes halogenated alkanes) is 1. The van der Waals surface area contributed by atoms with Gasteiger partial charge in [-0.3, -0.25) is 4.68 Å². The number of rotatable bonds is 9. The Balaban J connectivity index is 2.56. The van der Waals surface area contributed by atoms with Crippen LogP contribution in [0.3, 0.4) is 0 Å². The van der Waals surface area contributed by atoms with Crippen LogP contribution in [0.1, 0.15) is 64.5 Å². The minimum absolute atomic E-state index is 0.439. The molecule has 1 N–H and O–H groups in total. The molecular weight excluding hydrogens is 222 g/mol. The van der Waals surface area contributed by atoms with Gasteiger partial charge in [-0.1, -0.05) is 40.0 Å². The molecule has 18 heavy (non-hydrogen) atoms. The molecule has 1 aromatic heterocycles. The van der Waals surface area contributed by atoms with E-state index in [9.17, 15) is 0 Å². The number of nitrogens with zero attached hydrogens (tertiary/aromatic N) is 2. The summed E-state index contributed by atoms with van der Waals surface area (Å²) >= 11 is 0. The molecular formula is C15H29N3. The zero-order valence-corrected chi connectivity index (χ0v) is 12.4. The maximum atomic E-state index is 4.51. The van der Waals surface area contributed by atoms with Gasteiger partial charge in [-0.05, 0) is 25.8 Å². The van der Waals surface area contributed by atoms with Gasteiger partial charge in [-0.2, -0.15) is 5.10 Å². The van der Waals surface area contributed by atoms with E-state index in [2.05, 4.69) is 42.1 Å². The summed E-state index contributed by atoms with van der Waals surface area (Å²) in [4.78, 5) is 0. The normalized spacial score (nSPS) is 14.7. The second kappa shape index (κ2) is 8.30. The average Bonchev–Trinajstić information content (AvgIpc) is 2.84. The minimum Gasteiger partial charge on any atom is -0.313 e. The first kappa shape index (κ1) is 15.2. The summed E-state index contributed by atoms with van der Waals surface area (Å²) in [5, 5.41) is 7.84. The van der Waals surface area contributed by atoms with Crippen molar-refractivity contribution in [3.8, 4) is 0 Å². The Bertz CT molecular complexity index is 315. The molecule has 3 heteroatoms. The zero-order valence-electron chi connectivity index (χ0n) is 12.4. The summed E-state index contributed by atoms with van der Waals surface area (Å²) in [5.41, 5.74) is 1.31. The predicted molar refractivity (Wildman–Crippen MR) is 77.6 cm³/mol. The van der Waals surface area contributed by atoms with Crippen LogP contribution in [-0.2, 0) is 6.54 Å². The fraction of sp³-hybridized carbons (Fsp3) is 0.800. The van der Waals surface area contributed by atoms with Gasteiger partial charge in [0.25, 0.3) is 0 Å². The lowest BCUT2D eigenvalue weighted by molar-refractivity contribution is 0.372. The number of nitrogens with one attached hydrogen (secondary N) is 1. The van der Waals surface area contributed by atoms with E-state index >= 15 is 0 Å². The summed E-state index contributed by atoms with van der Waals surface area (Å²) in [5.74, 6) is 0.771. The summed E-state index contributed by atoms with van der Waals surface area (Å²) in [6.07, 6.45) is 10.5. The van der Waals surface area contributed by atoms with Crippen LogP contribution < -0.4 is 5.32 Å². The van der Waals surface area contributed by atoms with Crippen LogP contribution in [0.5, 0.6) is 0 Å². The second-order valence-electron chi connectivity index (χ2n) is 5.16. The summed E-state index contributed by atoms with van der Waals surface area (Å²) in [6.45, 7) is 7.82. The molecule has 0 saturated carbocycles. The molecule has 0 amide bonds. The van der Waals surface area contributed by atoms with Gasteiger partial charge in [0.2, 0.25) is 0 Å². The highest BCUT2D eigenvalue weighted by Crippen LogP contribution is 2.18. The van der Waals surface area contributed by atoms with Crippen molar-refractivity contribution in [1.82, 2.24) is 15.1 Å². The molecule has 0 aromatic carbocycles. The van der Waals surface area contributed by atoms with Crippen LogP contribution in [-0.4, -0.2) is 16.8 Å². The third-order valence-corrected chi connectivity index (χ3v) is 3.80. The van der Waals surface area contributed by atoms with Crippen molar-refractivity contribution < 1.29 is 0 Å². The molecule has 2 atom stereocenters. The molecule has 1 aromatic rings. The van der Waals surface area contributed by atoms with Gasteiger partial charge in [0, 0.05) is 24.3 Å². The molecule has 0 bridgehead atoms. The first-order valence-corrected chi connectivity index (χ1v) is 7.44. The molecule has 2 unspecified atom stereocenters. The van der Waals surface area contributed by atoms with Crippen LogP contribution >= 0.6 is 0 Å². The van der Waals surface area contributed by atoms with Crippen molar-refractivity contribution in [2.24, 2.45) is 5.92 Å². The van der Waals surface area contributed by atoms with Gasteiger partial charge in [-0.15, -0.1) is 0 Å². The largest absolute Gasteiger partial charge is 0.313 e. The van der Waals surface area contributed by atoms with Gasteiger partial charge >= 0.3 is 0 Å². The van der Waals surface area contributed by atoms with Gasteiger partial charge in [0.05, 0.1) is 6.20 Å². The summed E-state index contributed by atoms with van der Waals surface area (Å²) in [7, 11) is 2.02. The van der Waals surface area contributed by atoms with Crippen LogP contribution in [0.2, 0.25) is 0 Å². The topological polar surface area (TPSA) is 29.9 Å². The molecule has 0 radical (unpaired) electrons. The quantitative estimate of drug-likeness (QED) is 0.724. The van der Waals surface area contributed by atoms with Crippen molar-refractivity contribution in [2.75, 3.05) is 7.05 Å². The Morgan fingerprint density at radius 1 is 1.28 bits per heavy atom. The van der Waals surface area contributed by atoms with Crippen molar-refractivity contribution in [3.05, 3.63) is 18.0 Å². The highest BCUT2D eigenvalue weighted by molar-refractivity contribution is 5.09. The van der Waals surface area contributed by atoms with E-state index in [1.807, 2.05) is 13.2 Å². The maximum absolute atomic E-state index is 4.51. The molecule has 1 heterocycles. The minimum atomic E-state index is 0.439. The van der Waals surface area contributed by atoms with Crippen molar-refractivity contribution >= 4 is 0 Å². The van der Waals surface area contributed by atoms with Gasteiger partial charge < -0.3 is 5.32 Å². The lowest BCUT2D eigenvalue weighted by atomic mass is 9.99. The van der Waals surface area contributed by atoms with Crippen LogP contribution in [0.4, 0.5) is 0 Å². The zero-order chi connectivity index (χ0) is 13.4. The monoisotopic (exact) mass is 251 g/mol. The van der Waals surface area contributed by atoms with E-state index < -0.39 is 0 Å². The molecule has 0 saturated heterocycles. The van der Waals surface area contributed by atoms with E-state index in [0.29, 0.717) is 6.04 Å². The van der Waals surface area contributed by atoms with E-state index in [4.69, 9.17) is 0 Å². The maximum Gasteiger partial charge on any atom is 0.0537 e. The highest BCUT2D eigenvalue weighted by atomic mass is 15.3. The molecule has 0 fully saturated rings. The fourth-order valence-electron chi connectivity index (χ4n) is 2.45. The Kier molecular flexibility index (Phi) is 7.02. The van der Waals surface area contributed by atoms with E-state index in [1.165, 1.54) is 31.2 Å². The summed E-state index contributed by atoms with van der Waals surface area (Å²) in [6, 6.07) is 0.439. The lowest BCUT2D eigenvalue weighted by Gasteiger charge is -2.14. The van der Waals surface area contributed by atoms with Crippen molar-refractivity contribution in [2.45, 2.75) is 65.5 Å². The van der Waals surface area contributed by atoms with Crippen LogP contribution in [0, 0.1) is 5.92 Å². The third kappa shape index (κ3) is 4.45. The van der Waals surface area contributed by atoms with Gasteiger partial charge in [0.15, 0.2) is 0 Å². The van der Waals surface area contributed by atoms with Gasteiger partial charge in [-0.25, -0.2) is 0 Å². The molecule has 1 rings (SSSR count). The van der Waals surface area contributed by atoms with Crippen LogP contribution in [0.15, 0.2) is 12.4 Å². The highest BCUT2D eigenvalue weighted by Gasteiger charge is 2.11. The molecule has 0 aliphatic rings. The predicted octanol–water partition coefficient (Wildman–Crippen LogP) is 3.77. The smallest absolute Gasteiger partial charge is 0.0537 e. The van der Waals surface area contributed by atoms with E-state index in [-0.39, 0.29) is 0 Å². The fourth-order valence-corrected chi connectivity index (χ4v) is 2.45. The van der Waals surface area contributed by atoms with E-state index in [0.717, 1.165) is 18.9 Å². The summed E-state index contributed by atoms with van der Waals surface area (Å²) < 4.78 is 2.12. The number of hydrogen-bond donors (Lipinski definition) is 1. The Labute approximate surface area is 112 Å². The van der Waals surface area contributed by atoms with Gasteiger partial charge in [0.1, 0.15) is 0 Å². The first-order chi connectivity index (χ1) is 8.74. The Morgan fingerprint density at radius 2 is 2.06 bits per heavy atom. The Morgan fingerprint density at radius 3 is 2.61 bits per heavy atom. The standard InChI is InChI=1S/C15H29N3/c1-5-8-9-13(6-2)11-18-12-14(10-17-18)15(7-3)16-4/h10,12-13,15-16H,5-9,11H2,1-4H3. The van der Waals surface area contributed by atoms with E-state index in [1.54, 1.807) is 0 Å². The number of hydrogen-bond acceptors (Lipinski definition) is 2. The van der Waals surface area contributed by atoms with Crippen molar-refractivity contribution in [3.63, 3.8) is 0 Å². The first-order valence-electron chi connectivity index (χ1n) is 7.44. The molecule has 3 nitrogen and oxygen atoms in total.